The van der Waals surface area contributed by atoms with E-state index in [9.17, 15) is 0 Å². The van der Waals surface area contributed by atoms with E-state index in [2.05, 4.69) is 38.8 Å². The Morgan fingerprint density at radius 2 is 1.59 bits per heavy atom. The van der Waals surface area contributed by atoms with Gasteiger partial charge in [0.15, 0.2) is 0 Å². The van der Waals surface area contributed by atoms with Gasteiger partial charge in [-0.2, -0.15) is 10.2 Å². The van der Waals surface area contributed by atoms with E-state index in [1.807, 2.05) is 44.2 Å². The van der Waals surface area contributed by atoms with Crippen molar-refractivity contribution >= 4 is 46.3 Å². The van der Waals surface area contributed by atoms with Crippen molar-refractivity contribution < 1.29 is 0 Å². The van der Waals surface area contributed by atoms with E-state index in [1.165, 1.54) is 0 Å². The van der Waals surface area contributed by atoms with Gasteiger partial charge in [0.25, 0.3) is 0 Å². The summed E-state index contributed by atoms with van der Waals surface area (Å²) in [5.74, 6) is 1.12. The van der Waals surface area contributed by atoms with Gasteiger partial charge in [-0.15, -0.1) is 0 Å². The van der Waals surface area contributed by atoms with Crippen LogP contribution >= 0.6 is 23.2 Å². The molecule has 1 aromatic heterocycles. The number of aryl methyl sites for hydroxylation is 2. The molecule has 4 rings (SSSR count). The second-order valence-corrected chi connectivity index (χ2v) is 8.16. The summed E-state index contributed by atoms with van der Waals surface area (Å²) in [7, 11) is 0. The third-order valence-electron chi connectivity index (χ3n) is 4.95. The van der Waals surface area contributed by atoms with Crippen molar-refractivity contribution in [3.63, 3.8) is 0 Å². The minimum Gasteiger partial charge on any atom is -0.340 e. The minimum absolute atomic E-state index is 0.458. The highest BCUT2D eigenvalue weighted by atomic mass is 35.5. The number of benzene rings is 3. The van der Waals surface area contributed by atoms with Crippen molar-refractivity contribution in [3.8, 4) is 17.2 Å². The summed E-state index contributed by atoms with van der Waals surface area (Å²) in [5, 5.41) is 16.7. The molecule has 3 aromatic carbocycles. The highest BCUT2D eigenvalue weighted by Gasteiger charge is 2.11. The van der Waals surface area contributed by atoms with Gasteiger partial charge in [0, 0.05) is 33.2 Å². The molecule has 0 unspecified atom stereocenters. The average molecular weight is 460 g/mol. The summed E-state index contributed by atoms with van der Waals surface area (Å²) in [6.07, 6.45) is 1.69. The fourth-order valence-electron chi connectivity index (χ4n) is 3.41. The van der Waals surface area contributed by atoms with Crippen molar-refractivity contribution in [1.29, 1.82) is 5.26 Å². The fraction of sp³-hybridized carbons (Fsp3) is 0.0800. The quantitative estimate of drug-likeness (QED) is 0.324. The number of halogens is 2. The van der Waals surface area contributed by atoms with Crippen LogP contribution in [-0.4, -0.2) is 9.97 Å². The molecule has 5 nitrogen and oxygen atoms in total. The van der Waals surface area contributed by atoms with Crippen molar-refractivity contribution in [2.45, 2.75) is 13.8 Å². The van der Waals surface area contributed by atoms with E-state index < -0.39 is 0 Å². The summed E-state index contributed by atoms with van der Waals surface area (Å²) in [5.41, 5.74) is 6.46. The maximum atomic E-state index is 8.93. The standard InChI is InChI=1S/C25H19Cl2N5/c1-15-11-18(21-8-5-19(26)13-22(21)27)12-16(2)24(15)31-23-9-10-29-25(32-23)30-20-6-3-17(14-28)4-7-20/h3-13H,1-2H3,(H2,29,30,31,32). The highest BCUT2D eigenvalue weighted by Crippen LogP contribution is 2.35. The summed E-state index contributed by atoms with van der Waals surface area (Å²) >= 11 is 12.4. The van der Waals surface area contributed by atoms with Crippen molar-refractivity contribution in [3.05, 3.63) is 93.6 Å². The molecule has 0 saturated heterocycles. The molecule has 0 spiro atoms. The van der Waals surface area contributed by atoms with E-state index in [1.54, 1.807) is 24.4 Å². The van der Waals surface area contributed by atoms with Gasteiger partial charge < -0.3 is 10.6 Å². The minimum atomic E-state index is 0.458. The van der Waals surface area contributed by atoms with Crippen LogP contribution in [0, 0.1) is 25.2 Å². The van der Waals surface area contributed by atoms with E-state index >= 15 is 0 Å². The third kappa shape index (κ3) is 4.83. The number of nitrogens with one attached hydrogen (secondary N) is 2. The lowest BCUT2D eigenvalue weighted by atomic mass is 9.98. The van der Waals surface area contributed by atoms with Crippen LogP contribution in [0.25, 0.3) is 11.1 Å². The maximum Gasteiger partial charge on any atom is 0.229 e. The Morgan fingerprint density at radius 3 is 2.25 bits per heavy atom. The van der Waals surface area contributed by atoms with Crippen molar-refractivity contribution in [2.75, 3.05) is 10.6 Å². The number of nitrogens with zero attached hydrogens (tertiary/aromatic N) is 3. The SMILES string of the molecule is Cc1cc(-c2ccc(Cl)cc2Cl)cc(C)c1Nc1ccnc(Nc2ccc(C#N)cc2)n1. The smallest absolute Gasteiger partial charge is 0.229 e. The number of anilines is 4. The van der Waals surface area contributed by atoms with Gasteiger partial charge in [-0.3, -0.25) is 0 Å². The van der Waals surface area contributed by atoms with Gasteiger partial charge >= 0.3 is 0 Å². The first-order valence-corrected chi connectivity index (χ1v) is 10.6. The summed E-state index contributed by atoms with van der Waals surface area (Å²) in [4.78, 5) is 8.84. The highest BCUT2D eigenvalue weighted by molar-refractivity contribution is 6.36. The van der Waals surface area contributed by atoms with Crippen LogP contribution < -0.4 is 10.6 Å². The molecular weight excluding hydrogens is 441 g/mol. The molecule has 1 heterocycles. The van der Waals surface area contributed by atoms with E-state index in [-0.39, 0.29) is 0 Å². The monoisotopic (exact) mass is 459 g/mol. The second-order valence-electron chi connectivity index (χ2n) is 7.31. The van der Waals surface area contributed by atoms with Crippen molar-refractivity contribution in [1.82, 2.24) is 9.97 Å². The van der Waals surface area contributed by atoms with Crippen molar-refractivity contribution in [2.24, 2.45) is 0 Å². The summed E-state index contributed by atoms with van der Waals surface area (Å²) < 4.78 is 0. The lowest BCUT2D eigenvalue weighted by Gasteiger charge is -2.16. The Hall–Kier alpha value is -3.59. The first kappa shape index (κ1) is 21.6. The Morgan fingerprint density at radius 1 is 0.875 bits per heavy atom. The molecule has 32 heavy (non-hydrogen) atoms. The van der Waals surface area contributed by atoms with Gasteiger partial charge in [0.05, 0.1) is 11.6 Å². The molecule has 158 valence electrons. The summed E-state index contributed by atoms with van der Waals surface area (Å²) in [6.45, 7) is 4.08. The number of nitriles is 1. The van der Waals surface area contributed by atoms with Gasteiger partial charge in [0.2, 0.25) is 5.95 Å². The Bertz CT molecular complexity index is 1300. The van der Waals surface area contributed by atoms with E-state index in [0.717, 1.165) is 33.6 Å². The van der Waals surface area contributed by atoms with Gasteiger partial charge in [-0.05, 0) is 85.1 Å². The van der Waals surface area contributed by atoms with Gasteiger partial charge in [-0.25, -0.2) is 4.98 Å². The Kier molecular flexibility index (Phi) is 6.27. The molecule has 0 atom stereocenters. The van der Waals surface area contributed by atoms with E-state index in [0.29, 0.717) is 27.4 Å². The number of rotatable bonds is 5. The molecular formula is C25H19Cl2N5. The number of hydrogen-bond acceptors (Lipinski definition) is 5. The molecule has 0 saturated carbocycles. The number of aromatic nitrogens is 2. The van der Waals surface area contributed by atoms with Crippen LogP contribution in [-0.2, 0) is 0 Å². The molecule has 0 aliphatic rings. The fourth-order valence-corrected chi connectivity index (χ4v) is 3.93. The Balaban J connectivity index is 1.57. The topological polar surface area (TPSA) is 73.6 Å². The largest absolute Gasteiger partial charge is 0.340 e. The first-order chi connectivity index (χ1) is 15.4. The third-order valence-corrected chi connectivity index (χ3v) is 5.50. The van der Waals surface area contributed by atoms with Crippen LogP contribution in [0.4, 0.5) is 23.1 Å². The van der Waals surface area contributed by atoms with Crippen LogP contribution in [0.2, 0.25) is 10.0 Å². The van der Waals surface area contributed by atoms with Gasteiger partial charge in [0.1, 0.15) is 5.82 Å². The zero-order valence-corrected chi connectivity index (χ0v) is 19.0. The average Bonchev–Trinajstić information content (AvgIpc) is 2.77. The van der Waals surface area contributed by atoms with Crippen LogP contribution in [0.5, 0.6) is 0 Å². The molecule has 0 aliphatic heterocycles. The molecule has 0 radical (unpaired) electrons. The predicted octanol–water partition coefficient (Wildman–Crippen LogP) is 7.43. The Labute approximate surface area is 196 Å². The maximum absolute atomic E-state index is 8.93. The lowest BCUT2D eigenvalue weighted by Crippen LogP contribution is -2.02. The predicted molar refractivity (Wildman–Crippen MR) is 131 cm³/mol. The van der Waals surface area contributed by atoms with Crippen LogP contribution in [0.1, 0.15) is 16.7 Å². The molecule has 7 heteroatoms. The van der Waals surface area contributed by atoms with Crippen LogP contribution in [0.15, 0.2) is 66.9 Å². The number of hydrogen-bond donors (Lipinski definition) is 2. The normalized spacial score (nSPS) is 10.5. The zero-order chi connectivity index (χ0) is 22.7. The molecule has 4 aromatic rings. The van der Waals surface area contributed by atoms with Gasteiger partial charge in [-0.1, -0.05) is 29.3 Å². The van der Waals surface area contributed by atoms with E-state index in [4.69, 9.17) is 28.5 Å². The summed E-state index contributed by atoms with van der Waals surface area (Å²) in [6, 6.07) is 20.7. The first-order valence-electron chi connectivity index (χ1n) is 9.87. The molecule has 0 fully saturated rings. The molecule has 0 aliphatic carbocycles. The zero-order valence-electron chi connectivity index (χ0n) is 17.4. The second kappa shape index (κ2) is 9.27. The molecule has 0 amide bonds. The van der Waals surface area contributed by atoms with Crippen LogP contribution in [0.3, 0.4) is 0 Å². The molecule has 2 N–H and O–H groups in total. The molecule has 0 bridgehead atoms. The lowest BCUT2D eigenvalue weighted by molar-refractivity contribution is 1.16.